The number of benzene rings is 1. The number of hydrogen-bond acceptors (Lipinski definition) is 0. The van der Waals surface area contributed by atoms with Crippen molar-refractivity contribution in [3.8, 4) is 0 Å². The molecule has 0 bridgehead atoms. The quantitative estimate of drug-likeness (QED) is 0.233. The van der Waals surface area contributed by atoms with Crippen LogP contribution in [0.3, 0.4) is 0 Å². The molecule has 0 aliphatic rings. The monoisotopic (exact) mass is 508 g/mol. The first-order chi connectivity index (χ1) is 12.6. The molecule has 1 aromatic carbocycles. The second kappa shape index (κ2) is 14.5. The van der Waals surface area contributed by atoms with Crippen LogP contribution in [0.4, 0.5) is 11.4 Å². The van der Waals surface area contributed by atoms with Gasteiger partial charge in [0.2, 0.25) is 0 Å². The van der Waals surface area contributed by atoms with Crippen LogP contribution in [-0.2, 0) is 0 Å². The number of hydrogen-bond donors (Lipinski definition) is 0. The maximum Gasteiger partial charge on any atom is 0.134 e. The van der Waals surface area contributed by atoms with E-state index in [1.54, 1.807) is 0 Å². The molecule has 154 valence electrons. The maximum atomic E-state index is 3.94. The molecule has 0 aliphatic carbocycles. The lowest BCUT2D eigenvalue weighted by atomic mass is 10.1. The van der Waals surface area contributed by atoms with E-state index >= 15 is 0 Å². The van der Waals surface area contributed by atoms with E-state index in [9.17, 15) is 0 Å². The molecule has 28 heavy (non-hydrogen) atoms. The van der Waals surface area contributed by atoms with Gasteiger partial charge in [0.05, 0.1) is 0 Å². The summed E-state index contributed by atoms with van der Waals surface area (Å²) in [5.74, 6) is 0. The lowest BCUT2D eigenvalue weighted by molar-refractivity contribution is -0.00100. The first-order valence-electron chi connectivity index (χ1n) is 9.06. The van der Waals surface area contributed by atoms with Gasteiger partial charge in [-0.1, -0.05) is 39.5 Å². The van der Waals surface area contributed by atoms with E-state index < -0.39 is 0 Å². The second-order valence-corrected chi connectivity index (χ2v) is 6.63. The lowest BCUT2D eigenvalue weighted by Gasteiger charge is -2.38. The fraction of sp³-hybridized carbons (Fsp3) is 0.250. The summed E-state index contributed by atoms with van der Waals surface area (Å²) in [5.41, 5.74) is 2.48. The summed E-state index contributed by atoms with van der Waals surface area (Å²) >= 11 is 0. The summed E-state index contributed by atoms with van der Waals surface area (Å²) in [5, 5.41) is 0. The van der Waals surface area contributed by atoms with Crippen LogP contribution in [0.25, 0.3) is 0 Å². The minimum Gasteiger partial charge on any atom is -1.00 e. The highest BCUT2D eigenvalue weighted by Gasteiger charge is 2.30. The summed E-state index contributed by atoms with van der Waals surface area (Å²) in [6, 6.07) is 8.87. The SMILES string of the molecule is C=CC[N+](CC=C)(CC=C)c1ccc([N+](CC=C)(CC=C)CC=C)cc1.[Br-].[Br-]. The molecular weight excluding hydrogens is 476 g/mol. The summed E-state index contributed by atoms with van der Waals surface area (Å²) in [7, 11) is 0. The molecule has 1 rings (SSSR count). The van der Waals surface area contributed by atoms with Gasteiger partial charge in [-0.2, -0.15) is 0 Å². The molecule has 0 N–H and O–H groups in total. The Balaban J connectivity index is 0. The fourth-order valence-corrected chi connectivity index (χ4v) is 3.65. The normalized spacial score (nSPS) is 10.6. The Hall–Kier alpha value is -1.46. The van der Waals surface area contributed by atoms with E-state index in [-0.39, 0.29) is 34.0 Å². The average molecular weight is 510 g/mol. The van der Waals surface area contributed by atoms with E-state index in [2.05, 4.69) is 63.7 Å². The molecule has 0 aliphatic heterocycles. The van der Waals surface area contributed by atoms with Crippen molar-refractivity contribution >= 4 is 11.4 Å². The summed E-state index contributed by atoms with van der Waals surface area (Å²) in [4.78, 5) is 0. The zero-order valence-corrected chi connectivity index (χ0v) is 20.1. The van der Waals surface area contributed by atoms with E-state index in [1.807, 2.05) is 36.5 Å². The number of quaternary nitrogens is 2. The zero-order valence-electron chi connectivity index (χ0n) is 16.9. The molecule has 2 nitrogen and oxygen atoms in total. The lowest BCUT2D eigenvalue weighted by Crippen LogP contribution is -3.00. The van der Waals surface area contributed by atoms with Gasteiger partial charge >= 0.3 is 0 Å². The molecule has 0 atom stereocenters. The van der Waals surface area contributed by atoms with Gasteiger partial charge in [0, 0.05) is 24.3 Å². The van der Waals surface area contributed by atoms with Gasteiger partial charge in [-0.3, -0.25) is 8.97 Å². The van der Waals surface area contributed by atoms with Crippen molar-refractivity contribution in [1.82, 2.24) is 8.97 Å². The minimum absolute atomic E-state index is 0. The topological polar surface area (TPSA) is 0 Å². The number of nitrogens with zero attached hydrogens (tertiary/aromatic N) is 2. The van der Waals surface area contributed by atoms with Crippen molar-refractivity contribution in [2.24, 2.45) is 0 Å². The van der Waals surface area contributed by atoms with Crippen molar-refractivity contribution in [1.29, 1.82) is 0 Å². The summed E-state index contributed by atoms with van der Waals surface area (Å²) in [6.07, 6.45) is 11.8. The molecule has 0 spiro atoms. The van der Waals surface area contributed by atoms with Crippen molar-refractivity contribution < 1.29 is 34.0 Å². The highest BCUT2D eigenvalue weighted by molar-refractivity contribution is 5.54. The molecule has 0 saturated heterocycles. The Morgan fingerprint density at radius 2 is 0.643 bits per heavy atom. The molecule has 0 aromatic heterocycles. The Kier molecular flexibility index (Phi) is 14.9. The van der Waals surface area contributed by atoms with Crippen LogP contribution < -0.4 is 42.9 Å². The summed E-state index contributed by atoms with van der Waals surface area (Å²) < 4.78 is 1.50. The summed E-state index contributed by atoms with van der Waals surface area (Å²) in [6.45, 7) is 28.7. The van der Waals surface area contributed by atoms with Gasteiger partial charge in [-0.15, -0.1) is 0 Å². The first-order valence-corrected chi connectivity index (χ1v) is 9.06. The third-order valence-electron chi connectivity index (χ3n) is 4.82. The van der Waals surface area contributed by atoms with Crippen molar-refractivity contribution in [3.63, 3.8) is 0 Å². The molecule has 0 amide bonds. The third kappa shape index (κ3) is 6.85. The predicted molar refractivity (Wildman–Crippen MR) is 120 cm³/mol. The van der Waals surface area contributed by atoms with Crippen LogP contribution in [0.5, 0.6) is 0 Å². The largest absolute Gasteiger partial charge is 1.00 e. The Bertz CT molecular complexity index is 537. The predicted octanol–water partition coefficient (Wildman–Crippen LogP) is -0.575. The van der Waals surface area contributed by atoms with Gasteiger partial charge < -0.3 is 34.0 Å². The number of halogens is 2. The van der Waals surface area contributed by atoms with Gasteiger partial charge in [-0.05, 0) is 36.5 Å². The molecule has 0 heterocycles. The van der Waals surface area contributed by atoms with Crippen LogP contribution in [0.2, 0.25) is 0 Å². The first kappa shape index (κ1) is 28.7. The Labute approximate surface area is 193 Å². The molecule has 0 radical (unpaired) electrons. The van der Waals surface area contributed by atoms with Crippen LogP contribution in [-0.4, -0.2) is 39.3 Å². The van der Waals surface area contributed by atoms with Crippen LogP contribution in [0.15, 0.2) is 100 Å². The molecular formula is C24H34Br2N2. The van der Waals surface area contributed by atoms with E-state index in [1.165, 1.54) is 11.4 Å². The molecule has 0 fully saturated rings. The van der Waals surface area contributed by atoms with Crippen LogP contribution in [0.1, 0.15) is 0 Å². The molecule has 4 heteroatoms. The van der Waals surface area contributed by atoms with Crippen molar-refractivity contribution in [2.75, 3.05) is 39.3 Å². The minimum atomic E-state index is 0. The zero-order chi connectivity index (χ0) is 19.5. The highest BCUT2D eigenvalue weighted by Crippen LogP contribution is 2.30. The van der Waals surface area contributed by atoms with Crippen LogP contribution >= 0.6 is 0 Å². The molecule has 1 aromatic rings. The highest BCUT2D eigenvalue weighted by atomic mass is 79.9. The fourth-order valence-electron chi connectivity index (χ4n) is 3.65. The van der Waals surface area contributed by atoms with Crippen LogP contribution in [0, 0.1) is 0 Å². The molecule has 0 unspecified atom stereocenters. The third-order valence-corrected chi connectivity index (χ3v) is 4.82. The Morgan fingerprint density at radius 1 is 0.464 bits per heavy atom. The van der Waals surface area contributed by atoms with Gasteiger partial charge in [0.15, 0.2) is 0 Å². The van der Waals surface area contributed by atoms with Crippen molar-refractivity contribution in [3.05, 3.63) is 100 Å². The maximum absolute atomic E-state index is 3.94. The van der Waals surface area contributed by atoms with E-state index in [4.69, 9.17) is 0 Å². The van der Waals surface area contributed by atoms with Gasteiger partial charge in [-0.25, -0.2) is 0 Å². The smallest absolute Gasteiger partial charge is 0.134 e. The second-order valence-electron chi connectivity index (χ2n) is 6.63. The standard InChI is InChI=1S/C24H34N2.2BrH/c1-7-17-25(18-8-2,19-9-3)23-13-15-24(16-14-23)26(20-10-4,21-11-5)22-12-6;;/h7-16H,1-6,17-22H2;2*1H/q+2;;/p-2. The average Bonchev–Trinajstić information content (AvgIpc) is 2.63. The van der Waals surface area contributed by atoms with Crippen molar-refractivity contribution in [2.45, 2.75) is 0 Å². The van der Waals surface area contributed by atoms with Gasteiger partial charge in [0.25, 0.3) is 0 Å². The number of rotatable bonds is 14. The van der Waals surface area contributed by atoms with E-state index in [0.29, 0.717) is 0 Å². The Morgan fingerprint density at radius 3 is 0.786 bits per heavy atom. The molecule has 0 saturated carbocycles. The van der Waals surface area contributed by atoms with E-state index in [0.717, 1.165) is 48.2 Å². The van der Waals surface area contributed by atoms with Gasteiger partial charge in [0.1, 0.15) is 50.6 Å².